The van der Waals surface area contributed by atoms with Crippen LogP contribution in [0.15, 0.2) is 21.1 Å². The first kappa shape index (κ1) is 16.3. The Morgan fingerprint density at radius 3 is 2.80 bits per heavy atom. The molecule has 2 rings (SSSR count). The molecule has 1 saturated carbocycles. The summed E-state index contributed by atoms with van der Waals surface area (Å²) in [5.74, 6) is 1.29. The summed E-state index contributed by atoms with van der Waals surface area (Å²) in [4.78, 5) is 0. The van der Waals surface area contributed by atoms with E-state index in [2.05, 4.69) is 43.2 Å². The Bertz CT molecular complexity index is 454. The number of halogens is 2. The highest BCUT2D eigenvalue weighted by Gasteiger charge is 2.24. The Balaban J connectivity index is 1.97. The van der Waals surface area contributed by atoms with Gasteiger partial charge in [0.25, 0.3) is 0 Å². The molecule has 1 aliphatic carbocycles. The van der Waals surface area contributed by atoms with Gasteiger partial charge in [-0.3, -0.25) is 0 Å². The van der Waals surface area contributed by atoms with Crippen molar-refractivity contribution in [2.45, 2.75) is 38.8 Å². The monoisotopic (exact) mass is 405 g/mol. The summed E-state index contributed by atoms with van der Waals surface area (Å²) in [5, 5.41) is 13.3. The summed E-state index contributed by atoms with van der Waals surface area (Å²) in [6, 6.07) is 4.07. The van der Waals surface area contributed by atoms with Gasteiger partial charge in [-0.2, -0.15) is 0 Å². The van der Waals surface area contributed by atoms with E-state index in [1.165, 1.54) is 0 Å². The third-order valence-corrected chi connectivity index (χ3v) is 4.76. The average Bonchev–Trinajstić information content (AvgIpc) is 2.79. The number of ether oxygens (including phenoxy) is 1. The Morgan fingerprint density at radius 2 is 2.15 bits per heavy atom. The normalized spacial score (nSPS) is 22.2. The van der Waals surface area contributed by atoms with E-state index in [0.717, 1.165) is 52.6 Å². The molecule has 0 aliphatic heterocycles. The molecule has 3 nitrogen and oxygen atoms in total. The number of benzene rings is 1. The van der Waals surface area contributed by atoms with Gasteiger partial charge in [0, 0.05) is 23.1 Å². The molecule has 2 N–H and O–H groups in total. The predicted molar refractivity (Wildman–Crippen MR) is 88.1 cm³/mol. The van der Waals surface area contributed by atoms with Crippen LogP contribution in [0.1, 0.15) is 31.7 Å². The summed E-state index contributed by atoms with van der Waals surface area (Å²) < 4.78 is 7.71. The van der Waals surface area contributed by atoms with Crippen LogP contribution in [0.3, 0.4) is 0 Å². The molecule has 1 fully saturated rings. The van der Waals surface area contributed by atoms with Crippen molar-refractivity contribution in [2.75, 3.05) is 13.2 Å². The first-order chi connectivity index (χ1) is 9.61. The molecule has 0 heterocycles. The molecule has 2 atom stereocenters. The quantitative estimate of drug-likeness (QED) is 0.753. The number of aliphatic hydroxyl groups is 1. The molecule has 1 aliphatic rings. The van der Waals surface area contributed by atoms with Crippen molar-refractivity contribution in [1.29, 1.82) is 0 Å². The van der Waals surface area contributed by atoms with Crippen molar-refractivity contribution in [3.8, 4) is 5.75 Å². The molecule has 112 valence electrons. The van der Waals surface area contributed by atoms with Gasteiger partial charge in [-0.15, -0.1) is 0 Å². The van der Waals surface area contributed by atoms with Crippen LogP contribution in [0.2, 0.25) is 0 Å². The minimum Gasteiger partial charge on any atom is -0.492 e. The number of rotatable bonds is 6. The zero-order valence-corrected chi connectivity index (χ0v) is 14.8. The third-order valence-electron chi connectivity index (χ3n) is 3.71. The van der Waals surface area contributed by atoms with Crippen molar-refractivity contribution in [2.24, 2.45) is 5.92 Å². The first-order valence-electron chi connectivity index (χ1n) is 7.11. The summed E-state index contributed by atoms with van der Waals surface area (Å²) >= 11 is 7.06. The Kier molecular flexibility index (Phi) is 6.33. The molecular formula is C15H21Br2NO2. The highest BCUT2D eigenvalue weighted by Crippen LogP contribution is 2.33. The summed E-state index contributed by atoms with van der Waals surface area (Å²) in [6.45, 7) is 4.24. The maximum atomic E-state index is 9.83. The molecule has 20 heavy (non-hydrogen) atoms. The van der Waals surface area contributed by atoms with Gasteiger partial charge >= 0.3 is 0 Å². The smallest absolute Gasteiger partial charge is 0.138 e. The molecule has 1 aromatic carbocycles. The van der Waals surface area contributed by atoms with Gasteiger partial charge in [0.05, 0.1) is 17.2 Å². The van der Waals surface area contributed by atoms with Crippen molar-refractivity contribution in [3.63, 3.8) is 0 Å². The van der Waals surface area contributed by atoms with Gasteiger partial charge in [-0.1, -0.05) is 22.4 Å². The van der Waals surface area contributed by atoms with Gasteiger partial charge in [0.15, 0.2) is 0 Å². The van der Waals surface area contributed by atoms with Crippen molar-refractivity contribution < 1.29 is 9.84 Å². The van der Waals surface area contributed by atoms with E-state index in [0.29, 0.717) is 12.5 Å². The van der Waals surface area contributed by atoms with Gasteiger partial charge in [0.1, 0.15) is 5.75 Å². The predicted octanol–water partition coefficient (Wildman–Crippen LogP) is 3.86. The summed E-state index contributed by atoms with van der Waals surface area (Å²) in [5.41, 5.74) is 1.13. The van der Waals surface area contributed by atoms with Crippen LogP contribution < -0.4 is 10.1 Å². The SMILES string of the molecule is CCOc1c(Br)cc(Br)cc1CNCC1CCCC1O. The molecule has 0 spiro atoms. The van der Waals surface area contributed by atoms with E-state index in [1.54, 1.807) is 0 Å². The Morgan fingerprint density at radius 1 is 1.35 bits per heavy atom. The van der Waals surface area contributed by atoms with Crippen LogP contribution in [-0.2, 0) is 6.54 Å². The van der Waals surface area contributed by atoms with Crippen LogP contribution in [-0.4, -0.2) is 24.4 Å². The first-order valence-corrected chi connectivity index (χ1v) is 8.70. The lowest BCUT2D eigenvalue weighted by molar-refractivity contribution is 0.131. The number of hydrogen-bond donors (Lipinski definition) is 2. The number of hydrogen-bond acceptors (Lipinski definition) is 3. The molecule has 5 heteroatoms. The summed E-state index contributed by atoms with van der Waals surface area (Å²) in [6.07, 6.45) is 3.07. The van der Waals surface area contributed by atoms with Gasteiger partial charge in [0.2, 0.25) is 0 Å². The van der Waals surface area contributed by atoms with E-state index in [9.17, 15) is 5.11 Å². The zero-order chi connectivity index (χ0) is 14.5. The molecule has 0 amide bonds. The van der Waals surface area contributed by atoms with Crippen LogP contribution in [0.25, 0.3) is 0 Å². The molecule has 0 bridgehead atoms. The highest BCUT2D eigenvalue weighted by molar-refractivity contribution is 9.11. The van der Waals surface area contributed by atoms with E-state index in [1.807, 2.05) is 13.0 Å². The van der Waals surface area contributed by atoms with Crippen LogP contribution in [0.5, 0.6) is 5.75 Å². The molecule has 0 saturated heterocycles. The fourth-order valence-electron chi connectivity index (χ4n) is 2.70. The maximum absolute atomic E-state index is 9.83. The Labute approximate surface area is 137 Å². The van der Waals surface area contributed by atoms with E-state index >= 15 is 0 Å². The average molecular weight is 407 g/mol. The minimum atomic E-state index is -0.136. The van der Waals surface area contributed by atoms with Gasteiger partial charge in [-0.25, -0.2) is 0 Å². The molecule has 2 unspecified atom stereocenters. The van der Waals surface area contributed by atoms with Crippen molar-refractivity contribution in [1.82, 2.24) is 5.32 Å². The lowest BCUT2D eigenvalue weighted by Crippen LogP contribution is -2.27. The highest BCUT2D eigenvalue weighted by atomic mass is 79.9. The van der Waals surface area contributed by atoms with E-state index in [-0.39, 0.29) is 6.10 Å². The van der Waals surface area contributed by atoms with E-state index in [4.69, 9.17) is 4.74 Å². The van der Waals surface area contributed by atoms with Crippen LogP contribution >= 0.6 is 31.9 Å². The van der Waals surface area contributed by atoms with Gasteiger partial charge in [-0.05, 0) is 53.7 Å². The summed E-state index contributed by atoms with van der Waals surface area (Å²) in [7, 11) is 0. The fraction of sp³-hybridized carbons (Fsp3) is 0.600. The number of nitrogens with one attached hydrogen (secondary N) is 1. The van der Waals surface area contributed by atoms with E-state index < -0.39 is 0 Å². The second-order valence-corrected chi connectivity index (χ2v) is 6.97. The van der Waals surface area contributed by atoms with Gasteiger partial charge < -0.3 is 15.2 Å². The Hall–Kier alpha value is -0.100. The standard InChI is InChI=1S/C15H21Br2NO2/c1-2-20-15-11(6-12(16)7-13(15)17)9-18-8-10-4-3-5-14(10)19/h6-7,10,14,18-19H,2-5,8-9H2,1H3. The lowest BCUT2D eigenvalue weighted by Gasteiger charge is -2.17. The van der Waals surface area contributed by atoms with Crippen molar-refractivity contribution >= 4 is 31.9 Å². The zero-order valence-electron chi connectivity index (χ0n) is 11.7. The fourth-order valence-corrected chi connectivity index (χ4v) is 4.13. The lowest BCUT2D eigenvalue weighted by atomic mass is 10.1. The minimum absolute atomic E-state index is 0.136. The van der Waals surface area contributed by atoms with Crippen LogP contribution in [0.4, 0.5) is 0 Å². The maximum Gasteiger partial charge on any atom is 0.138 e. The third kappa shape index (κ3) is 4.20. The topological polar surface area (TPSA) is 41.5 Å². The molecule has 0 aromatic heterocycles. The molecule has 1 aromatic rings. The van der Waals surface area contributed by atoms with Crippen LogP contribution in [0, 0.1) is 5.92 Å². The largest absolute Gasteiger partial charge is 0.492 e. The molecule has 0 radical (unpaired) electrons. The second-order valence-electron chi connectivity index (χ2n) is 5.20. The second kappa shape index (κ2) is 7.78. The molecular weight excluding hydrogens is 386 g/mol. The number of aliphatic hydroxyl groups excluding tert-OH is 1. The van der Waals surface area contributed by atoms with Crippen molar-refractivity contribution in [3.05, 3.63) is 26.6 Å².